The molecule has 0 spiro atoms. The van der Waals surface area contributed by atoms with E-state index in [0.717, 1.165) is 11.9 Å². The smallest absolute Gasteiger partial charge is 0.246 e. The fourth-order valence-electron chi connectivity index (χ4n) is 2.60. The molecule has 126 valence electrons. The second-order valence-electron chi connectivity index (χ2n) is 5.54. The van der Waals surface area contributed by atoms with Crippen molar-refractivity contribution >= 4 is 5.91 Å². The molecule has 1 aliphatic rings. The molecule has 0 radical (unpaired) electrons. The standard InChI is InChI=1S/C16H15F3N4O/c1-10-20-21-15-9-22(5-6-23(10)15)16(24)4-2-3-11-7-13(18)14(19)8-12(11)17/h2,4,7-8H,3,5-6,9H2,1H3. The van der Waals surface area contributed by atoms with Gasteiger partial charge in [0.2, 0.25) is 5.91 Å². The molecule has 0 unspecified atom stereocenters. The fourth-order valence-corrected chi connectivity index (χ4v) is 2.60. The zero-order chi connectivity index (χ0) is 17.3. The molecule has 0 atom stereocenters. The van der Waals surface area contributed by atoms with Gasteiger partial charge in [0.25, 0.3) is 0 Å². The van der Waals surface area contributed by atoms with Crippen molar-refractivity contribution in [1.82, 2.24) is 19.7 Å². The average molecular weight is 336 g/mol. The van der Waals surface area contributed by atoms with Crippen LogP contribution in [-0.2, 0) is 24.3 Å². The largest absolute Gasteiger partial charge is 0.330 e. The Hall–Kier alpha value is -2.64. The van der Waals surface area contributed by atoms with Gasteiger partial charge in [-0.1, -0.05) is 6.08 Å². The van der Waals surface area contributed by atoms with Crippen LogP contribution in [-0.4, -0.2) is 32.1 Å². The third-order valence-electron chi connectivity index (χ3n) is 3.94. The molecule has 0 fully saturated rings. The zero-order valence-corrected chi connectivity index (χ0v) is 13.0. The number of nitrogens with zero attached hydrogens (tertiary/aromatic N) is 4. The number of fused-ring (bicyclic) bond motifs is 1. The lowest BCUT2D eigenvalue weighted by Gasteiger charge is -2.26. The van der Waals surface area contributed by atoms with Gasteiger partial charge in [-0.15, -0.1) is 10.2 Å². The molecule has 5 nitrogen and oxygen atoms in total. The first-order chi connectivity index (χ1) is 11.5. The number of aromatic nitrogens is 3. The first-order valence-electron chi connectivity index (χ1n) is 7.43. The molecule has 2 aromatic rings. The summed E-state index contributed by atoms with van der Waals surface area (Å²) < 4.78 is 41.5. The summed E-state index contributed by atoms with van der Waals surface area (Å²) in [5, 5.41) is 7.98. The summed E-state index contributed by atoms with van der Waals surface area (Å²) in [6, 6.07) is 1.30. The normalized spacial score (nSPS) is 14.2. The molecular formula is C16H15F3N4O. The monoisotopic (exact) mass is 336 g/mol. The molecule has 8 heteroatoms. The third kappa shape index (κ3) is 3.17. The minimum absolute atomic E-state index is 0.00208. The van der Waals surface area contributed by atoms with Crippen LogP contribution in [0.4, 0.5) is 13.2 Å². The summed E-state index contributed by atoms with van der Waals surface area (Å²) in [7, 11) is 0. The summed E-state index contributed by atoms with van der Waals surface area (Å²) in [4.78, 5) is 13.8. The topological polar surface area (TPSA) is 51.0 Å². The number of benzene rings is 1. The van der Waals surface area contributed by atoms with E-state index in [1.165, 1.54) is 12.2 Å². The molecule has 0 saturated heterocycles. The molecule has 0 N–H and O–H groups in total. The SMILES string of the molecule is Cc1nnc2n1CCN(C(=O)C=CCc1cc(F)c(F)cc1F)C2. The van der Waals surface area contributed by atoms with Gasteiger partial charge in [0.05, 0.1) is 6.54 Å². The van der Waals surface area contributed by atoms with E-state index in [0.29, 0.717) is 31.5 Å². The highest BCUT2D eigenvalue weighted by molar-refractivity contribution is 5.87. The van der Waals surface area contributed by atoms with Crippen LogP contribution in [0.15, 0.2) is 24.3 Å². The minimum Gasteiger partial charge on any atom is -0.330 e. The predicted molar refractivity (Wildman–Crippen MR) is 79.3 cm³/mol. The fraction of sp³-hybridized carbons (Fsp3) is 0.312. The van der Waals surface area contributed by atoms with Crippen LogP contribution in [0, 0.1) is 24.4 Å². The van der Waals surface area contributed by atoms with Gasteiger partial charge in [-0.3, -0.25) is 4.79 Å². The number of carbonyl (C=O) groups excluding carboxylic acids is 1. The van der Waals surface area contributed by atoms with E-state index in [4.69, 9.17) is 0 Å². The highest BCUT2D eigenvalue weighted by atomic mass is 19.2. The summed E-state index contributed by atoms with van der Waals surface area (Å²) in [5.74, 6) is -1.91. The van der Waals surface area contributed by atoms with Crippen molar-refractivity contribution in [3.8, 4) is 0 Å². The maximum Gasteiger partial charge on any atom is 0.246 e. The number of hydrogen-bond donors (Lipinski definition) is 0. The first kappa shape index (κ1) is 16.2. The number of carbonyl (C=O) groups is 1. The number of hydrogen-bond acceptors (Lipinski definition) is 3. The van der Waals surface area contributed by atoms with Gasteiger partial charge in [0.15, 0.2) is 17.5 Å². The van der Waals surface area contributed by atoms with Crippen molar-refractivity contribution in [2.24, 2.45) is 0 Å². The van der Waals surface area contributed by atoms with E-state index < -0.39 is 17.5 Å². The minimum atomic E-state index is -1.23. The lowest BCUT2D eigenvalue weighted by atomic mass is 10.1. The van der Waals surface area contributed by atoms with Gasteiger partial charge in [0, 0.05) is 19.2 Å². The number of halogens is 3. The van der Waals surface area contributed by atoms with Crippen molar-refractivity contribution in [3.63, 3.8) is 0 Å². The van der Waals surface area contributed by atoms with Crippen molar-refractivity contribution in [2.75, 3.05) is 6.54 Å². The summed E-state index contributed by atoms with van der Waals surface area (Å²) >= 11 is 0. The van der Waals surface area contributed by atoms with Crippen LogP contribution in [0.1, 0.15) is 17.2 Å². The number of allylic oxidation sites excluding steroid dienone is 1. The Labute approximate surface area is 136 Å². The summed E-state index contributed by atoms with van der Waals surface area (Å²) in [5.41, 5.74) is -0.00744. The molecule has 0 saturated carbocycles. The van der Waals surface area contributed by atoms with Crippen LogP contribution in [0.3, 0.4) is 0 Å². The second kappa shape index (κ2) is 6.46. The number of aryl methyl sites for hydroxylation is 1. The van der Waals surface area contributed by atoms with Crippen molar-refractivity contribution in [2.45, 2.75) is 26.4 Å². The maximum atomic E-state index is 13.5. The number of amides is 1. The molecule has 1 aliphatic heterocycles. The summed E-state index contributed by atoms with van der Waals surface area (Å²) in [6.45, 7) is 3.34. The van der Waals surface area contributed by atoms with Crippen molar-refractivity contribution < 1.29 is 18.0 Å². The average Bonchev–Trinajstić information content (AvgIpc) is 2.93. The molecule has 2 heterocycles. The summed E-state index contributed by atoms with van der Waals surface area (Å²) in [6.07, 6.45) is 2.74. The first-order valence-corrected chi connectivity index (χ1v) is 7.43. The predicted octanol–water partition coefficient (Wildman–Crippen LogP) is 2.14. The van der Waals surface area contributed by atoms with Gasteiger partial charge in [-0.25, -0.2) is 13.2 Å². The zero-order valence-electron chi connectivity index (χ0n) is 13.0. The Morgan fingerprint density at radius 2 is 1.92 bits per heavy atom. The highest BCUT2D eigenvalue weighted by Gasteiger charge is 2.21. The van der Waals surface area contributed by atoms with E-state index in [1.807, 2.05) is 11.5 Å². The Morgan fingerprint density at radius 1 is 1.17 bits per heavy atom. The van der Waals surface area contributed by atoms with Crippen molar-refractivity contribution in [3.05, 3.63) is 58.9 Å². The molecule has 24 heavy (non-hydrogen) atoms. The Bertz CT molecular complexity index is 816. The lowest BCUT2D eigenvalue weighted by Crippen LogP contribution is -2.37. The van der Waals surface area contributed by atoms with Crippen LogP contribution in [0.25, 0.3) is 0 Å². The van der Waals surface area contributed by atoms with Gasteiger partial charge >= 0.3 is 0 Å². The van der Waals surface area contributed by atoms with Crippen LogP contribution >= 0.6 is 0 Å². The van der Waals surface area contributed by atoms with Crippen LogP contribution < -0.4 is 0 Å². The van der Waals surface area contributed by atoms with E-state index in [1.54, 1.807) is 4.90 Å². The van der Waals surface area contributed by atoms with Crippen LogP contribution in [0.2, 0.25) is 0 Å². The molecule has 1 aromatic heterocycles. The maximum absolute atomic E-state index is 13.5. The Kier molecular flexibility index (Phi) is 4.37. The molecule has 1 aromatic carbocycles. The van der Waals surface area contributed by atoms with Crippen LogP contribution in [0.5, 0.6) is 0 Å². The second-order valence-corrected chi connectivity index (χ2v) is 5.54. The Morgan fingerprint density at radius 3 is 2.71 bits per heavy atom. The van der Waals surface area contributed by atoms with Gasteiger partial charge in [-0.2, -0.15) is 0 Å². The van der Waals surface area contributed by atoms with E-state index in [2.05, 4.69) is 10.2 Å². The molecular weight excluding hydrogens is 321 g/mol. The molecule has 1 amide bonds. The highest BCUT2D eigenvalue weighted by Crippen LogP contribution is 2.15. The Balaban J connectivity index is 1.63. The van der Waals surface area contributed by atoms with Gasteiger partial charge < -0.3 is 9.47 Å². The van der Waals surface area contributed by atoms with E-state index in [9.17, 15) is 18.0 Å². The van der Waals surface area contributed by atoms with E-state index >= 15 is 0 Å². The molecule has 0 bridgehead atoms. The molecule has 3 rings (SSSR count). The quantitative estimate of drug-likeness (QED) is 0.637. The van der Waals surface area contributed by atoms with E-state index in [-0.39, 0.29) is 17.9 Å². The van der Waals surface area contributed by atoms with Gasteiger partial charge in [0.1, 0.15) is 11.6 Å². The van der Waals surface area contributed by atoms with Gasteiger partial charge in [-0.05, 0) is 31.1 Å². The number of rotatable bonds is 3. The third-order valence-corrected chi connectivity index (χ3v) is 3.94. The molecule has 0 aliphatic carbocycles. The van der Waals surface area contributed by atoms with Crippen molar-refractivity contribution in [1.29, 1.82) is 0 Å². The lowest BCUT2D eigenvalue weighted by molar-refractivity contribution is -0.127.